The van der Waals surface area contributed by atoms with Crippen molar-refractivity contribution in [1.82, 2.24) is 4.90 Å². The molecule has 0 saturated heterocycles. The number of nitrogens with zero attached hydrogens (tertiary/aromatic N) is 1. The number of hydrogen-bond acceptors (Lipinski definition) is 6. The number of anilines is 1. The van der Waals surface area contributed by atoms with Crippen molar-refractivity contribution in [2.45, 2.75) is 72.0 Å². The quantitative estimate of drug-likeness (QED) is 0.459. The molecule has 0 radical (unpaired) electrons. The lowest BCUT2D eigenvalue weighted by molar-refractivity contribution is -0.376. The molecule has 1 atom stereocenters. The van der Waals surface area contributed by atoms with Gasteiger partial charge in [0.1, 0.15) is 11.6 Å². The summed E-state index contributed by atoms with van der Waals surface area (Å²) < 4.78 is 110. The van der Waals surface area contributed by atoms with E-state index < -0.39 is 62.1 Å². The second-order valence-electron chi connectivity index (χ2n) is 10.4. The van der Waals surface area contributed by atoms with Crippen LogP contribution in [0.3, 0.4) is 0 Å². The summed E-state index contributed by atoms with van der Waals surface area (Å²) in [6, 6.07) is 5.19. The minimum absolute atomic E-state index is 0.0532. The van der Waals surface area contributed by atoms with Crippen molar-refractivity contribution in [2.75, 3.05) is 12.4 Å². The first-order valence-corrected chi connectivity index (χ1v) is 14.0. The molecule has 2 aromatic carbocycles. The van der Waals surface area contributed by atoms with Crippen LogP contribution in [0, 0.1) is 0 Å². The van der Waals surface area contributed by atoms with E-state index in [1.54, 1.807) is 0 Å². The van der Waals surface area contributed by atoms with Crippen LogP contribution in [-0.2, 0) is 36.3 Å². The van der Waals surface area contributed by atoms with Crippen molar-refractivity contribution < 1.29 is 54.2 Å². The number of halogens is 6. The average molecular weight is 607 g/mol. The van der Waals surface area contributed by atoms with Crippen LogP contribution in [0.2, 0.25) is 0 Å². The van der Waals surface area contributed by atoms with Crippen LogP contribution < -0.4 is 5.32 Å². The molecule has 15 heteroatoms. The summed E-state index contributed by atoms with van der Waals surface area (Å²) in [7, 11) is -2.24. The summed E-state index contributed by atoms with van der Waals surface area (Å²) in [5, 5.41) is 11.5. The minimum atomic E-state index is -6.07. The Hall–Kier alpha value is -3.17. The van der Waals surface area contributed by atoms with Gasteiger partial charge >= 0.3 is 12.4 Å². The number of carbonyl (C=O) groups excluding carboxylic acids is 2. The third-order valence-electron chi connectivity index (χ3n) is 7.74. The molecule has 8 nitrogen and oxygen atoms in total. The highest BCUT2D eigenvalue weighted by Crippen LogP contribution is 2.50. The van der Waals surface area contributed by atoms with Crippen LogP contribution in [0.15, 0.2) is 47.4 Å². The normalized spacial score (nSPS) is 20.5. The molecule has 3 aliphatic rings. The first-order valence-electron chi connectivity index (χ1n) is 12.5. The lowest BCUT2D eigenvalue weighted by Crippen LogP contribution is -2.53. The number of benzene rings is 2. The highest BCUT2D eigenvalue weighted by atomic mass is 32.2. The number of hydrogen-bond donors (Lipinski definition) is 2. The van der Waals surface area contributed by atoms with Gasteiger partial charge in [0.2, 0.25) is 0 Å². The van der Waals surface area contributed by atoms with Crippen molar-refractivity contribution in [2.24, 2.45) is 0 Å². The Balaban J connectivity index is 1.45. The van der Waals surface area contributed by atoms with Gasteiger partial charge in [-0.15, -0.1) is 0 Å². The second kappa shape index (κ2) is 9.42. The number of nitrogens with one attached hydrogen (secondary N) is 1. The van der Waals surface area contributed by atoms with Crippen molar-refractivity contribution >= 4 is 27.3 Å². The van der Waals surface area contributed by atoms with Gasteiger partial charge in [-0.05, 0) is 61.1 Å². The summed E-state index contributed by atoms with van der Waals surface area (Å²) >= 11 is 0. The molecule has 2 saturated carbocycles. The van der Waals surface area contributed by atoms with E-state index in [0.29, 0.717) is 48.9 Å². The number of fused-ring (bicyclic) bond motifs is 1. The second-order valence-corrected chi connectivity index (χ2v) is 12.6. The number of methoxy groups -OCH3 is 1. The highest BCUT2D eigenvalue weighted by molar-refractivity contribution is 7.92. The Morgan fingerprint density at radius 2 is 1.59 bits per heavy atom. The Morgan fingerprint density at radius 3 is 2.07 bits per heavy atom. The van der Waals surface area contributed by atoms with E-state index in [2.05, 4.69) is 5.32 Å². The standard InChI is InChI=1S/C26H24F6N2O6S/c1-40-23(10-11-23)22(36)34-13-14-12-18(41(38,39)17-6-7-17)8-9-19(14)20(34)21(35)33-16-4-2-15(3-5-16)24(37,25(27,28)29)26(30,31)32/h2-5,8-9,12,17,20,37H,6-7,10-11,13H2,1H3,(H,33,35). The Labute approximate surface area is 230 Å². The molecule has 1 heterocycles. The fourth-order valence-corrected chi connectivity index (χ4v) is 6.73. The molecule has 222 valence electrons. The molecule has 1 unspecified atom stereocenters. The van der Waals surface area contributed by atoms with Gasteiger partial charge in [0, 0.05) is 24.9 Å². The fraction of sp³-hybridized carbons (Fsp3) is 0.462. The number of aliphatic hydroxyl groups is 1. The predicted octanol–water partition coefficient (Wildman–Crippen LogP) is 4.14. The maximum atomic E-state index is 13.5. The molecule has 0 aromatic heterocycles. The summed E-state index contributed by atoms with van der Waals surface area (Å²) in [6.07, 6.45) is -10.3. The lowest BCUT2D eigenvalue weighted by atomic mass is 9.92. The van der Waals surface area contributed by atoms with Gasteiger partial charge in [-0.25, -0.2) is 8.42 Å². The molecule has 41 heavy (non-hydrogen) atoms. The molecular formula is C26H24F6N2O6S. The fourth-order valence-electron chi connectivity index (χ4n) is 5.02. The molecule has 2 aromatic rings. The zero-order chi connectivity index (χ0) is 30.2. The van der Waals surface area contributed by atoms with E-state index in [4.69, 9.17) is 4.74 Å². The van der Waals surface area contributed by atoms with Gasteiger partial charge < -0.3 is 20.1 Å². The van der Waals surface area contributed by atoms with E-state index in [1.165, 1.54) is 30.2 Å². The van der Waals surface area contributed by atoms with Crippen LogP contribution >= 0.6 is 0 Å². The number of ether oxygens (including phenoxy) is 1. The van der Waals surface area contributed by atoms with Crippen molar-refractivity contribution in [3.8, 4) is 0 Å². The van der Waals surface area contributed by atoms with Gasteiger partial charge in [-0.1, -0.05) is 18.2 Å². The SMILES string of the molecule is COC1(C(=O)N2Cc3cc(S(=O)(=O)C4CC4)ccc3C2C(=O)Nc2ccc(C(O)(C(F)(F)F)C(F)(F)F)cc2)CC1. The van der Waals surface area contributed by atoms with E-state index >= 15 is 0 Å². The van der Waals surface area contributed by atoms with Crippen LogP contribution in [0.5, 0.6) is 0 Å². The van der Waals surface area contributed by atoms with Crippen molar-refractivity contribution in [3.63, 3.8) is 0 Å². The number of amides is 2. The molecule has 0 bridgehead atoms. The van der Waals surface area contributed by atoms with Crippen molar-refractivity contribution in [1.29, 1.82) is 0 Å². The zero-order valence-electron chi connectivity index (χ0n) is 21.3. The topological polar surface area (TPSA) is 113 Å². The number of sulfone groups is 1. The Kier molecular flexibility index (Phi) is 6.74. The molecule has 2 fully saturated rings. The third kappa shape index (κ3) is 4.77. The molecule has 0 spiro atoms. The third-order valence-corrected chi connectivity index (χ3v) is 10.00. The van der Waals surface area contributed by atoms with Crippen LogP contribution in [0.4, 0.5) is 32.0 Å². The van der Waals surface area contributed by atoms with E-state index in [-0.39, 0.29) is 17.1 Å². The number of carbonyl (C=O) groups is 2. The smallest absolute Gasteiger partial charge is 0.369 e. The van der Waals surface area contributed by atoms with Gasteiger partial charge in [0.25, 0.3) is 17.4 Å². The van der Waals surface area contributed by atoms with Crippen LogP contribution in [-0.4, -0.2) is 60.6 Å². The molecule has 5 rings (SSSR count). The molecular weight excluding hydrogens is 582 g/mol. The minimum Gasteiger partial charge on any atom is -0.369 e. The summed E-state index contributed by atoms with van der Waals surface area (Å²) in [5.74, 6) is -1.35. The molecule has 2 amide bonds. The van der Waals surface area contributed by atoms with E-state index in [1.807, 2.05) is 0 Å². The van der Waals surface area contributed by atoms with Crippen LogP contribution in [0.1, 0.15) is 48.4 Å². The first kappa shape index (κ1) is 29.3. The zero-order valence-corrected chi connectivity index (χ0v) is 22.2. The number of alkyl halides is 6. The molecule has 2 N–H and O–H groups in total. The lowest BCUT2D eigenvalue weighted by Gasteiger charge is -2.32. The van der Waals surface area contributed by atoms with Gasteiger partial charge in [0.15, 0.2) is 9.84 Å². The largest absolute Gasteiger partial charge is 0.430 e. The molecule has 2 aliphatic carbocycles. The summed E-state index contributed by atoms with van der Waals surface area (Å²) in [4.78, 5) is 28.1. The monoisotopic (exact) mass is 606 g/mol. The van der Waals surface area contributed by atoms with Crippen molar-refractivity contribution in [3.05, 3.63) is 59.2 Å². The van der Waals surface area contributed by atoms with Gasteiger partial charge in [-0.2, -0.15) is 26.3 Å². The summed E-state index contributed by atoms with van der Waals surface area (Å²) in [6.45, 7) is -0.117. The maximum Gasteiger partial charge on any atom is 0.430 e. The Bertz CT molecular complexity index is 1480. The maximum absolute atomic E-state index is 13.5. The predicted molar refractivity (Wildman–Crippen MR) is 130 cm³/mol. The van der Waals surface area contributed by atoms with E-state index in [9.17, 15) is 49.5 Å². The molecule has 1 aliphatic heterocycles. The van der Waals surface area contributed by atoms with Crippen LogP contribution in [0.25, 0.3) is 0 Å². The first-order chi connectivity index (χ1) is 19.0. The average Bonchev–Trinajstić information content (AvgIpc) is 3.82. The van der Waals surface area contributed by atoms with Gasteiger partial charge in [-0.3, -0.25) is 9.59 Å². The summed E-state index contributed by atoms with van der Waals surface area (Å²) in [5.41, 5.74) is -7.26. The van der Waals surface area contributed by atoms with Gasteiger partial charge in [0.05, 0.1) is 10.1 Å². The Morgan fingerprint density at radius 1 is 1.00 bits per heavy atom. The number of rotatable bonds is 7. The highest BCUT2D eigenvalue weighted by Gasteiger charge is 2.71. The van der Waals surface area contributed by atoms with E-state index in [0.717, 1.165) is 12.1 Å².